The number of phenolic OH excluding ortho intramolecular Hbond substituents is 1. The second-order valence-electron chi connectivity index (χ2n) is 4.57. The average Bonchev–Trinajstić information content (AvgIpc) is 2.57. The van der Waals surface area contributed by atoms with E-state index < -0.39 is 10.0 Å². The first-order valence-corrected chi connectivity index (χ1v) is 8.90. The van der Waals surface area contributed by atoms with Gasteiger partial charge in [0.05, 0.1) is 20.4 Å². The van der Waals surface area contributed by atoms with Crippen LogP contribution in [-0.2, 0) is 10.0 Å². The molecule has 2 aromatic carbocycles. The van der Waals surface area contributed by atoms with Crippen molar-refractivity contribution in [2.75, 3.05) is 14.2 Å². The number of benzene rings is 2. The van der Waals surface area contributed by atoms with Gasteiger partial charge in [0.15, 0.2) is 0 Å². The van der Waals surface area contributed by atoms with Gasteiger partial charge in [-0.1, -0.05) is 15.9 Å². The van der Waals surface area contributed by atoms with Gasteiger partial charge in [-0.2, -0.15) is 18.4 Å². The molecular weight excluding hydrogens is 400 g/mol. The molecule has 0 aliphatic heterocycles. The number of sulfonamides is 1. The van der Waals surface area contributed by atoms with Crippen LogP contribution in [0.2, 0.25) is 0 Å². The molecule has 0 atom stereocenters. The maximum absolute atomic E-state index is 12.4. The molecule has 0 amide bonds. The Bertz CT molecular complexity index is 868. The number of halogens is 1. The zero-order valence-corrected chi connectivity index (χ0v) is 15.3. The van der Waals surface area contributed by atoms with Crippen molar-refractivity contribution in [3.05, 3.63) is 46.4 Å². The van der Waals surface area contributed by atoms with Crippen LogP contribution in [0.25, 0.3) is 0 Å². The monoisotopic (exact) mass is 414 g/mol. The Labute approximate surface area is 148 Å². The zero-order chi connectivity index (χ0) is 17.7. The summed E-state index contributed by atoms with van der Waals surface area (Å²) in [6.07, 6.45) is 1.20. The van der Waals surface area contributed by atoms with Crippen LogP contribution in [0.1, 0.15) is 5.56 Å². The lowest BCUT2D eigenvalue weighted by Gasteiger charge is -2.10. The molecular formula is C15H15BrN2O5S. The third-order valence-corrected chi connectivity index (χ3v) is 4.76. The van der Waals surface area contributed by atoms with Crippen LogP contribution in [0.4, 0.5) is 0 Å². The van der Waals surface area contributed by atoms with Crippen molar-refractivity contribution in [2.24, 2.45) is 5.10 Å². The molecule has 0 saturated carbocycles. The van der Waals surface area contributed by atoms with Crippen LogP contribution in [0.15, 0.2) is 50.9 Å². The molecule has 24 heavy (non-hydrogen) atoms. The van der Waals surface area contributed by atoms with Gasteiger partial charge in [-0.05, 0) is 30.3 Å². The molecule has 0 heterocycles. The van der Waals surface area contributed by atoms with Crippen LogP contribution >= 0.6 is 15.9 Å². The van der Waals surface area contributed by atoms with E-state index in [1.165, 1.54) is 38.6 Å². The van der Waals surface area contributed by atoms with Crippen LogP contribution in [0, 0.1) is 0 Å². The minimum absolute atomic E-state index is 0.0277. The number of hydrazone groups is 1. The fourth-order valence-electron chi connectivity index (χ4n) is 1.84. The number of nitrogens with one attached hydrogen (secondary N) is 1. The molecule has 0 unspecified atom stereocenters. The number of hydrogen-bond donors (Lipinski definition) is 2. The summed E-state index contributed by atoms with van der Waals surface area (Å²) in [7, 11) is -1.18. The molecule has 128 valence electrons. The SMILES string of the molecule is COc1ccc(OC)c(S(=O)(=O)N/N=C/c2cc(Br)ccc2O)c1. The number of hydrogen-bond acceptors (Lipinski definition) is 6. The summed E-state index contributed by atoms with van der Waals surface area (Å²) in [5.74, 6) is 0.494. The highest BCUT2D eigenvalue weighted by Crippen LogP contribution is 2.28. The highest BCUT2D eigenvalue weighted by Gasteiger charge is 2.20. The standard InChI is InChI=1S/C15H15BrN2O5S/c1-22-12-4-6-14(23-2)15(8-12)24(20,21)18-17-9-10-7-11(16)3-5-13(10)19/h3-9,18-19H,1-2H3/b17-9+. The second-order valence-corrected chi connectivity index (χ2v) is 7.12. The Morgan fingerprint density at radius 2 is 1.92 bits per heavy atom. The summed E-state index contributed by atoms with van der Waals surface area (Å²) in [4.78, 5) is 1.97. The van der Waals surface area contributed by atoms with Crippen molar-refractivity contribution in [3.63, 3.8) is 0 Å². The summed E-state index contributed by atoms with van der Waals surface area (Å²) in [6.45, 7) is 0. The molecule has 9 heteroatoms. The lowest BCUT2D eigenvalue weighted by atomic mass is 10.2. The zero-order valence-electron chi connectivity index (χ0n) is 12.9. The van der Waals surface area contributed by atoms with Crippen LogP contribution in [0.5, 0.6) is 17.2 Å². The van der Waals surface area contributed by atoms with E-state index in [2.05, 4.69) is 25.9 Å². The first-order valence-electron chi connectivity index (χ1n) is 6.63. The Morgan fingerprint density at radius 1 is 1.17 bits per heavy atom. The Kier molecular flexibility index (Phi) is 5.68. The predicted molar refractivity (Wildman–Crippen MR) is 93.3 cm³/mol. The number of aromatic hydroxyl groups is 1. The largest absolute Gasteiger partial charge is 0.507 e. The van der Waals surface area contributed by atoms with E-state index in [-0.39, 0.29) is 16.4 Å². The van der Waals surface area contributed by atoms with Crippen molar-refractivity contribution in [1.82, 2.24) is 4.83 Å². The molecule has 0 fully saturated rings. The van der Waals surface area contributed by atoms with Gasteiger partial charge < -0.3 is 14.6 Å². The smallest absolute Gasteiger partial charge is 0.280 e. The number of methoxy groups -OCH3 is 2. The van der Waals surface area contributed by atoms with Crippen molar-refractivity contribution in [2.45, 2.75) is 4.90 Å². The van der Waals surface area contributed by atoms with Crippen LogP contribution < -0.4 is 14.3 Å². The molecule has 0 aromatic heterocycles. The Balaban J connectivity index is 2.28. The van der Waals surface area contributed by atoms with Crippen molar-refractivity contribution >= 4 is 32.2 Å². The van der Waals surface area contributed by atoms with Gasteiger partial charge in [0, 0.05) is 16.1 Å². The summed E-state index contributed by atoms with van der Waals surface area (Å²) in [6, 6.07) is 9.10. The van der Waals surface area contributed by atoms with Crippen LogP contribution in [-0.4, -0.2) is 34.0 Å². The summed E-state index contributed by atoms with van der Waals surface area (Å²) in [5, 5.41) is 13.4. The van der Waals surface area contributed by atoms with Gasteiger partial charge in [-0.3, -0.25) is 0 Å². The maximum atomic E-state index is 12.4. The van der Waals surface area contributed by atoms with Gasteiger partial charge in [-0.25, -0.2) is 0 Å². The maximum Gasteiger partial charge on any atom is 0.280 e. The first-order chi connectivity index (χ1) is 11.4. The van der Waals surface area contributed by atoms with Gasteiger partial charge in [0.25, 0.3) is 10.0 Å². The summed E-state index contributed by atoms with van der Waals surface area (Å²) in [5.41, 5.74) is 0.352. The van der Waals surface area contributed by atoms with Crippen molar-refractivity contribution < 1.29 is 23.0 Å². The van der Waals surface area contributed by atoms with Gasteiger partial charge in [-0.15, -0.1) is 0 Å². The van der Waals surface area contributed by atoms with Gasteiger partial charge >= 0.3 is 0 Å². The normalized spacial score (nSPS) is 11.5. The van der Waals surface area contributed by atoms with Crippen molar-refractivity contribution in [1.29, 1.82) is 0 Å². The molecule has 0 aliphatic carbocycles. The Hall–Kier alpha value is -2.26. The number of phenols is 1. The third-order valence-electron chi connectivity index (χ3n) is 3.03. The summed E-state index contributed by atoms with van der Waals surface area (Å²) >= 11 is 3.26. The lowest BCUT2D eigenvalue weighted by Crippen LogP contribution is -2.19. The van der Waals surface area contributed by atoms with E-state index in [0.717, 1.165) is 4.47 Å². The third kappa shape index (κ3) is 4.18. The van der Waals surface area contributed by atoms with E-state index in [9.17, 15) is 13.5 Å². The van der Waals surface area contributed by atoms with E-state index in [0.29, 0.717) is 11.3 Å². The van der Waals surface area contributed by atoms with E-state index in [1.54, 1.807) is 18.2 Å². The Morgan fingerprint density at radius 3 is 2.58 bits per heavy atom. The molecule has 0 aliphatic rings. The number of nitrogens with zero attached hydrogens (tertiary/aromatic N) is 1. The second kappa shape index (κ2) is 7.54. The molecule has 2 rings (SSSR count). The number of ether oxygens (including phenoxy) is 2. The van der Waals surface area contributed by atoms with Crippen LogP contribution in [0.3, 0.4) is 0 Å². The lowest BCUT2D eigenvalue weighted by molar-refractivity contribution is 0.392. The molecule has 2 aromatic rings. The minimum Gasteiger partial charge on any atom is -0.507 e. The topological polar surface area (TPSA) is 97.2 Å². The van der Waals surface area contributed by atoms with E-state index in [1.807, 2.05) is 0 Å². The molecule has 0 saturated heterocycles. The molecule has 7 nitrogen and oxygen atoms in total. The van der Waals surface area contributed by atoms with E-state index >= 15 is 0 Å². The highest BCUT2D eigenvalue weighted by atomic mass is 79.9. The predicted octanol–water partition coefficient (Wildman–Crippen LogP) is 2.48. The number of rotatable bonds is 6. The first kappa shape index (κ1) is 18.1. The quantitative estimate of drug-likeness (QED) is 0.558. The van der Waals surface area contributed by atoms with E-state index in [4.69, 9.17) is 9.47 Å². The fraction of sp³-hybridized carbons (Fsp3) is 0.133. The van der Waals surface area contributed by atoms with Crippen molar-refractivity contribution in [3.8, 4) is 17.2 Å². The van der Waals surface area contributed by atoms with Gasteiger partial charge in [0.1, 0.15) is 22.1 Å². The minimum atomic E-state index is -3.98. The molecule has 2 N–H and O–H groups in total. The summed E-state index contributed by atoms with van der Waals surface area (Å²) < 4.78 is 35.6. The highest BCUT2D eigenvalue weighted by molar-refractivity contribution is 9.10. The molecule has 0 bridgehead atoms. The molecule has 0 spiro atoms. The average molecular weight is 415 g/mol. The molecule has 0 radical (unpaired) electrons. The van der Waals surface area contributed by atoms with Gasteiger partial charge in [0.2, 0.25) is 0 Å². The fourth-order valence-corrected chi connectivity index (χ4v) is 3.19.